The Bertz CT molecular complexity index is 1100. The first-order valence-corrected chi connectivity index (χ1v) is 11.8. The number of benzene rings is 2. The van der Waals surface area contributed by atoms with Gasteiger partial charge in [0, 0.05) is 11.4 Å². The number of aromatic nitrogens is 1. The normalized spacial score (nSPS) is 12.2. The number of thiazole rings is 1. The molecule has 0 unspecified atom stereocenters. The van der Waals surface area contributed by atoms with Gasteiger partial charge in [0.25, 0.3) is 0 Å². The molecule has 0 fully saturated rings. The highest BCUT2D eigenvalue weighted by Crippen LogP contribution is 2.28. The number of hydrogen-bond donors (Lipinski definition) is 2. The van der Waals surface area contributed by atoms with Gasteiger partial charge in [-0.15, -0.1) is 11.3 Å². The Balaban J connectivity index is 1.86. The van der Waals surface area contributed by atoms with Crippen LogP contribution in [0.25, 0.3) is 0 Å². The Kier molecular flexibility index (Phi) is 7.61. The average Bonchev–Trinajstić information content (AvgIpc) is 3.31. The van der Waals surface area contributed by atoms with Gasteiger partial charge in [0.15, 0.2) is 0 Å². The summed E-state index contributed by atoms with van der Waals surface area (Å²) in [4.78, 5) is 16.9. The number of amides is 1. The highest BCUT2D eigenvalue weighted by molar-refractivity contribution is 7.89. The molecule has 0 spiro atoms. The lowest BCUT2D eigenvalue weighted by Crippen LogP contribution is -2.47. The van der Waals surface area contributed by atoms with Crippen molar-refractivity contribution in [2.24, 2.45) is 0 Å². The van der Waals surface area contributed by atoms with Gasteiger partial charge < -0.3 is 14.8 Å². The van der Waals surface area contributed by atoms with Crippen molar-refractivity contribution in [3.63, 3.8) is 0 Å². The van der Waals surface area contributed by atoms with Crippen molar-refractivity contribution in [3.05, 3.63) is 70.7 Å². The topological polar surface area (TPSA) is 107 Å². The molecular formula is C21H23N3O5S2. The molecular weight excluding hydrogens is 438 g/mol. The SMILES string of the molecule is COc1ccc(OC)c(S(=O)(=O)N[C@@H](Cc2ccccc2)C(=O)NCc2cscn2)c1. The number of nitrogens with one attached hydrogen (secondary N) is 2. The van der Waals surface area contributed by atoms with Crippen molar-refractivity contribution < 1.29 is 22.7 Å². The van der Waals surface area contributed by atoms with Crippen molar-refractivity contribution in [2.45, 2.75) is 23.9 Å². The zero-order valence-electron chi connectivity index (χ0n) is 17.1. The van der Waals surface area contributed by atoms with Gasteiger partial charge in [0.2, 0.25) is 15.9 Å². The van der Waals surface area contributed by atoms with Crippen LogP contribution in [0.4, 0.5) is 0 Å². The van der Waals surface area contributed by atoms with Crippen LogP contribution in [-0.2, 0) is 27.8 Å². The maximum atomic E-state index is 13.2. The molecule has 0 bridgehead atoms. The third kappa shape index (κ3) is 6.03. The summed E-state index contributed by atoms with van der Waals surface area (Å²) in [6.45, 7) is 0.206. The third-order valence-electron chi connectivity index (χ3n) is 4.48. The monoisotopic (exact) mass is 461 g/mol. The van der Waals surface area contributed by atoms with Gasteiger partial charge in [-0.1, -0.05) is 30.3 Å². The number of ether oxygens (including phenoxy) is 2. The van der Waals surface area contributed by atoms with E-state index in [0.717, 1.165) is 5.56 Å². The van der Waals surface area contributed by atoms with Crippen molar-refractivity contribution in [1.82, 2.24) is 15.0 Å². The summed E-state index contributed by atoms with van der Waals surface area (Å²) in [7, 11) is -1.28. The standard InChI is InChI=1S/C21H23N3O5S2/c1-28-17-8-9-19(29-2)20(11-17)31(26,27)24-18(10-15-6-4-3-5-7-15)21(25)22-12-16-13-30-14-23-16/h3-9,11,13-14,18,24H,10,12H2,1-2H3,(H,22,25)/t18-/m0/s1. The van der Waals surface area contributed by atoms with Gasteiger partial charge in [0.05, 0.1) is 32.0 Å². The Morgan fingerprint density at radius 2 is 1.90 bits per heavy atom. The molecule has 1 aromatic heterocycles. The van der Waals surface area contributed by atoms with E-state index in [1.165, 1.54) is 37.7 Å². The van der Waals surface area contributed by atoms with Gasteiger partial charge in [-0.05, 0) is 24.1 Å². The minimum absolute atomic E-state index is 0.111. The van der Waals surface area contributed by atoms with Gasteiger partial charge in [0.1, 0.15) is 22.4 Å². The highest BCUT2D eigenvalue weighted by atomic mass is 32.2. The van der Waals surface area contributed by atoms with Crippen LogP contribution < -0.4 is 19.5 Å². The summed E-state index contributed by atoms with van der Waals surface area (Å²) < 4.78 is 39.2. The molecule has 1 atom stereocenters. The Labute approximate surface area is 185 Å². The number of carbonyl (C=O) groups excluding carboxylic acids is 1. The molecule has 0 aliphatic carbocycles. The lowest BCUT2D eigenvalue weighted by molar-refractivity contribution is -0.122. The fourth-order valence-corrected chi connectivity index (χ4v) is 4.85. The summed E-state index contributed by atoms with van der Waals surface area (Å²) in [6.07, 6.45) is 0.176. The second-order valence-electron chi connectivity index (χ2n) is 6.58. The predicted molar refractivity (Wildman–Crippen MR) is 118 cm³/mol. The molecule has 2 aromatic carbocycles. The number of methoxy groups -OCH3 is 2. The van der Waals surface area contributed by atoms with E-state index in [0.29, 0.717) is 11.4 Å². The lowest BCUT2D eigenvalue weighted by atomic mass is 10.1. The molecule has 3 rings (SSSR count). The zero-order valence-corrected chi connectivity index (χ0v) is 18.7. The highest BCUT2D eigenvalue weighted by Gasteiger charge is 2.28. The minimum atomic E-state index is -4.10. The van der Waals surface area contributed by atoms with Crippen molar-refractivity contribution >= 4 is 27.3 Å². The van der Waals surface area contributed by atoms with E-state index in [1.807, 2.05) is 35.7 Å². The van der Waals surface area contributed by atoms with E-state index in [4.69, 9.17) is 9.47 Å². The van der Waals surface area contributed by atoms with Gasteiger partial charge >= 0.3 is 0 Å². The van der Waals surface area contributed by atoms with Gasteiger partial charge in [-0.3, -0.25) is 4.79 Å². The smallest absolute Gasteiger partial charge is 0.245 e. The van der Waals surface area contributed by atoms with Crippen LogP contribution in [0.3, 0.4) is 0 Å². The average molecular weight is 462 g/mol. The third-order valence-corrected chi connectivity index (χ3v) is 6.61. The van der Waals surface area contributed by atoms with Crippen LogP contribution >= 0.6 is 11.3 Å². The van der Waals surface area contributed by atoms with Crippen LogP contribution in [0.1, 0.15) is 11.3 Å². The first-order valence-electron chi connectivity index (χ1n) is 9.36. The first-order chi connectivity index (χ1) is 14.9. The van der Waals surface area contributed by atoms with Gasteiger partial charge in [-0.25, -0.2) is 13.4 Å². The lowest BCUT2D eigenvalue weighted by Gasteiger charge is -2.20. The molecule has 1 amide bonds. The largest absolute Gasteiger partial charge is 0.497 e. The van der Waals surface area contributed by atoms with E-state index in [1.54, 1.807) is 11.6 Å². The molecule has 0 aliphatic rings. The molecule has 3 aromatic rings. The Morgan fingerprint density at radius 1 is 1.13 bits per heavy atom. The summed E-state index contributed by atoms with van der Waals surface area (Å²) >= 11 is 1.42. The Morgan fingerprint density at radius 3 is 2.55 bits per heavy atom. The second kappa shape index (κ2) is 10.4. The quantitative estimate of drug-likeness (QED) is 0.480. The van der Waals surface area contributed by atoms with Crippen molar-refractivity contribution in [2.75, 3.05) is 14.2 Å². The molecule has 10 heteroatoms. The summed E-state index contributed by atoms with van der Waals surface area (Å²) in [6, 6.07) is 12.6. The maximum Gasteiger partial charge on any atom is 0.245 e. The Hall–Kier alpha value is -2.95. The number of sulfonamides is 1. The van der Waals surface area contributed by atoms with Crippen LogP contribution in [0.5, 0.6) is 11.5 Å². The number of nitrogens with zero attached hydrogens (tertiary/aromatic N) is 1. The minimum Gasteiger partial charge on any atom is -0.497 e. The molecule has 1 heterocycles. The number of hydrogen-bond acceptors (Lipinski definition) is 7. The van der Waals surface area contributed by atoms with Crippen LogP contribution in [0, 0.1) is 0 Å². The molecule has 2 N–H and O–H groups in total. The second-order valence-corrected chi connectivity index (χ2v) is 8.98. The summed E-state index contributed by atoms with van der Waals surface area (Å²) in [5, 5.41) is 4.57. The molecule has 164 valence electrons. The van der Waals surface area contributed by atoms with Crippen LogP contribution in [0.2, 0.25) is 0 Å². The molecule has 8 nitrogen and oxygen atoms in total. The molecule has 0 saturated heterocycles. The fourth-order valence-electron chi connectivity index (χ4n) is 2.91. The van der Waals surface area contributed by atoms with E-state index >= 15 is 0 Å². The summed E-state index contributed by atoms with van der Waals surface area (Å²) in [5.41, 5.74) is 3.19. The van der Waals surface area contributed by atoms with E-state index in [-0.39, 0.29) is 23.6 Å². The molecule has 31 heavy (non-hydrogen) atoms. The first kappa shape index (κ1) is 22.7. The van der Waals surface area contributed by atoms with E-state index in [9.17, 15) is 13.2 Å². The molecule has 0 radical (unpaired) electrons. The predicted octanol–water partition coefficient (Wildman–Crippen LogP) is 2.37. The van der Waals surface area contributed by atoms with E-state index < -0.39 is 22.0 Å². The van der Waals surface area contributed by atoms with Gasteiger partial charge in [-0.2, -0.15) is 4.72 Å². The van der Waals surface area contributed by atoms with Crippen LogP contribution in [-0.4, -0.2) is 39.6 Å². The fraction of sp³-hybridized carbons (Fsp3) is 0.238. The van der Waals surface area contributed by atoms with Crippen molar-refractivity contribution in [3.8, 4) is 11.5 Å². The van der Waals surface area contributed by atoms with Crippen molar-refractivity contribution in [1.29, 1.82) is 0 Å². The molecule has 0 aliphatic heterocycles. The number of rotatable bonds is 10. The van der Waals surface area contributed by atoms with E-state index in [2.05, 4.69) is 15.0 Å². The zero-order chi connectivity index (χ0) is 22.3. The summed E-state index contributed by atoms with van der Waals surface area (Å²) in [5.74, 6) is 0.0469. The molecule has 0 saturated carbocycles. The van der Waals surface area contributed by atoms with Crippen LogP contribution in [0.15, 0.2) is 64.3 Å². The number of carbonyl (C=O) groups is 1. The maximum absolute atomic E-state index is 13.2.